The molecule has 64 valence electrons. The Morgan fingerprint density at radius 3 is 1.40 bits per heavy atom. The summed E-state index contributed by atoms with van der Waals surface area (Å²) in [4.78, 5) is 0. The van der Waals surface area contributed by atoms with Crippen LogP contribution in [-0.2, 0) is 0 Å². The Morgan fingerprint density at radius 2 is 1.30 bits per heavy atom. The van der Waals surface area contributed by atoms with Crippen LogP contribution in [0.1, 0.15) is 0 Å². The molecule has 8 heteroatoms. The van der Waals surface area contributed by atoms with E-state index in [4.69, 9.17) is 0 Å². The molecule has 0 aliphatic rings. The Hall–Kier alpha value is 0.440. The molecule has 0 heterocycles. The molecule has 0 aromatic rings. The average Bonchev–Trinajstić information content (AvgIpc) is 1.57. The van der Waals surface area contributed by atoms with Crippen molar-refractivity contribution < 1.29 is 26.3 Å². The molecule has 1 atom stereocenters. The van der Waals surface area contributed by atoms with E-state index in [-0.39, 0.29) is 0 Å². The van der Waals surface area contributed by atoms with Crippen LogP contribution in [0.2, 0.25) is 0 Å². The second-order valence-corrected chi connectivity index (χ2v) is 5.66. The van der Waals surface area contributed by atoms with Crippen molar-refractivity contribution >= 4 is 16.5 Å². The molecule has 0 spiro atoms. The standard InChI is InChI=1S/C2H4F6P2/c3-1(4,5)9-10-2(6,7)8/h9H,10H3. The second-order valence-electron chi connectivity index (χ2n) is 1.47. The summed E-state index contributed by atoms with van der Waals surface area (Å²) in [5.41, 5.74) is 0. The third-order valence-corrected chi connectivity index (χ3v) is 4.40. The van der Waals surface area contributed by atoms with Crippen LogP contribution in [0.3, 0.4) is 0 Å². The van der Waals surface area contributed by atoms with E-state index < -0.39 is 28.4 Å². The molecule has 0 N–H and O–H groups in total. The monoisotopic (exact) mass is 204 g/mol. The molecule has 0 aliphatic carbocycles. The Balaban J connectivity index is 3.56. The van der Waals surface area contributed by atoms with Crippen molar-refractivity contribution in [2.24, 2.45) is 0 Å². The van der Waals surface area contributed by atoms with Crippen LogP contribution in [0.15, 0.2) is 0 Å². The first-order valence-corrected chi connectivity index (χ1v) is 6.13. The van der Waals surface area contributed by atoms with Gasteiger partial charge in [0.1, 0.15) is 0 Å². The molecule has 0 fully saturated rings. The fourth-order valence-corrected chi connectivity index (χ4v) is 1.80. The summed E-state index contributed by atoms with van der Waals surface area (Å²) in [6.07, 6.45) is 0. The van der Waals surface area contributed by atoms with Crippen LogP contribution in [0.4, 0.5) is 26.3 Å². The molecule has 0 bridgehead atoms. The van der Waals surface area contributed by atoms with Gasteiger partial charge in [0.25, 0.3) is 0 Å². The van der Waals surface area contributed by atoms with E-state index in [9.17, 15) is 26.3 Å². The predicted molar refractivity (Wildman–Crippen MR) is 31.5 cm³/mol. The van der Waals surface area contributed by atoms with Crippen LogP contribution in [0, 0.1) is 0 Å². The fraction of sp³-hybridized carbons (Fsp3) is 1.00. The predicted octanol–water partition coefficient (Wildman–Crippen LogP) is 2.76. The second kappa shape index (κ2) is 3.22. The molecule has 0 saturated heterocycles. The first-order valence-electron chi connectivity index (χ1n) is 2.09. The van der Waals surface area contributed by atoms with Crippen molar-refractivity contribution in [3.63, 3.8) is 0 Å². The van der Waals surface area contributed by atoms with Gasteiger partial charge in [-0.2, -0.15) is 0 Å². The zero-order valence-electron chi connectivity index (χ0n) is 4.47. The SMILES string of the molecule is FC(F)(F)P[PH3]C(F)(F)F. The normalized spacial score (nSPS) is 15.4. The summed E-state index contributed by atoms with van der Waals surface area (Å²) in [5, 5.41) is 0. The summed E-state index contributed by atoms with van der Waals surface area (Å²) < 4.78 is 66.9. The van der Waals surface area contributed by atoms with Crippen LogP contribution in [0.5, 0.6) is 0 Å². The minimum atomic E-state index is -4.62. The summed E-state index contributed by atoms with van der Waals surface area (Å²) in [5.74, 6) is -9.18. The maximum atomic E-state index is 11.2. The Kier molecular flexibility index (Phi) is 3.37. The molecule has 1 unspecified atom stereocenters. The van der Waals surface area contributed by atoms with Crippen molar-refractivity contribution in [2.45, 2.75) is 11.8 Å². The van der Waals surface area contributed by atoms with Gasteiger partial charge < -0.3 is 0 Å². The van der Waals surface area contributed by atoms with E-state index in [0.29, 0.717) is 0 Å². The molecule has 10 heavy (non-hydrogen) atoms. The number of rotatable bonds is 1. The van der Waals surface area contributed by atoms with Crippen molar-refractivity contribution in [3.05, 3.63) is 0 Å². The van der Waals surface area contributed by atoms with E-state index in [2.05, 4.69) is 0 Å². The zero-order chi connectivity index (χ0) is 8.41. The van der Waals surface area contributed by atoms with Crippen LogP contribution >= 0.6 is 16.5 Å². The molecular formula is C2H4F6P2. The van der Waals surface area contributed by atoms with Crippen LogP contribution < -0.4 is 0 Å². The molecule has 0 aromatic carbocycles. The van der Waals surface area contributed by atoms with Gasteiger partial charge in [0.05, 0.1) is 0 Å². The first-order chi connectivity index (χ1) is 4.21. The molecule has 0 nitrogen and oxygen atoms in total. The topological polar surface area (TPSA) is 0 Å². The van der Waals surface area contributed by atoms with E-state index >= 15 is 0 Å². The molecule has 0 aromatic heterocycles. The van der Waals surface area contributed by atoms with Gasteiger partial charge in [0.15, 0.2) is 0 Å². The van der Waals surface area contributed by atoms with Crippen LogP contribution in [0.25, 0.3) is 0 Å². The average molecular weight is 204 g/mol. The number of hydrogen-bond donors (Lipinski definition) is 0. The number of alkyl halides is 6. The Bertz CT molecular complexity index is 87.3. The number of halogens is 6. The third kappa shape index (κ3) is 8.44. The van der Waals surface area contributed by atoms with E-state index in [1.54, 1.807) is 0 Å². The third-order valence-electron chi connectivity index (χ3n) is 0.489. The molecule has 0 saturated carbocycles. The number of hydrogen-bond acceptors (Lipinski definition) is 0. The molecule has 0 rings (SSSR count). The summed E-state index contributed by atoms with van der Waals surface area (Å²) >= 11 is 0. The van der Waals surface area contributed by atoms with Gasteiger partial charge in [0, 0.05) is 0 Å². The van der Waals surface area contributed by atoms with Gasteiger partial charge in [-0.1, -0.05) is 0 Å². The zero-order valence-corrected chi connectivity index (χ0v) is 6.89. The molecule has 0 aliphatic heterocycles. The van der Waals surface area contributed by atoms with Gasteiger partial charge in [-0.25, -0.2) is 0 Å². The summed E-state index contributed by atoms with van der Waals surface area (Å²) in [6.45, 7) is 0. The first kappa shape index (κ1) is 10.4. The fourth-order valence-electron chi connectivity index (χ4n) is 0.200. The Morgan fingerprint density at radius 1 is 0.900 bits per heavy atom. The minimum absolute atomic E-state index is 1.89. The summed E-state index contributed by atoms with van der Waals surface area (Å²) in [6, 6.07) is 0. The molecule has 0 amide bonds. The van der Waals surface area contributed by atoms with Gasteiger partial charge in [-0.15, -0.1) is 0 Å². The molecule has 0 radical (unpaired) electrons. The van der Waals surface area contributed by atoms with Crippen molar-refractivity contribution in [2.75, 3.05) is 0 Å². The van der Waals surface area contributed by atoms with Gasteiger partial charge in [0.2, 0.25) is 0 Å². The van der Waals surface area contributed by atoms with E-state index in [0.717, 1.165) is 0 Å². The summed E-state index contributed by atoms with van der Waals surface area (Å²) in [7, 11) is -4.84. The van der Waals surface area contributed by atoms with Gasteiger partial charge in [-0.3, -0.25) is 0 Å². The van der Waals surface area contributed by atoms with Crippen molar-refractivity contribution in [3.8, 4) is 0 Å². The van der Waals surface area contributed by atoms with Crippen molar-refractivity contribution in [1.29, 1.82) is 0 Å². The van der Waals surface area contributed by atoms with Crippen LogP contribution in [-0.4, -0.2) is 11.8 Å². The van der Waals surface area contributed by atoms with Gasteiger partial charge >= 0.3 is 54.7 Å². The van der Waals surface area contributed by atoms with E-state index in [1.807, 2.05) is 0 Å². The van der Waals surface area contributed by atoms with Gasteiger partial charge in [-0.05, 0) is 0 Å². The molecular weight excluding hydrogens is 200 g/mol. The Labute approximate surface area is 55.8 Å². The maximum absolute atomic E-state index is 11.2. The van der Waals surface area contributed by atoms with Crippen molar-refractivity contribution in [1.82, 2.24) is 0 Å². The quantitative estimate of drug-likeness (QED) is 0.455. The van der Waals surface area contributed by atoms with E-state index in [1.165, 1.54) is 0 Å².